The maximum absolute atomic E-state index is 14.6. The van der Waals surface area contributed by atoms with Crippen LogP contribution in [0.25, 0.3) is 21.7 Å². The van der Waals surface area contributed by atoms with Gasteiger partial charge in [0.25, 0.3) is 5.69 Å². The Balaban J connectivity index is 2.66. The molecule has 1 aromatic carbocycles. The maximum Gasteiger partial charge on any atom is 0.337 e. The van der Waals surface area contributed by atoms with Crippen LogP contribution in [0, 0.1) is 18.2 Å². The summed E-state index contributed by atoms with van der Waals surface area (Å²) in [5.41, 5.74) is 4.88. The van der Waals surface area contributed by atoms with Gasteiger partial charge in [-0.1, -0.05) is 18.7 Å². The van der Waals surface area contributed by atoms with E-state index >= 15 is 0 Å². The lowest BCUT2D eigenvalue weighted by Gasteiger charge is -2.09. The molecular weight excluding hydrogens is 330 g/mol. The van der Waals surface area contributed by atoms with Gasteiger partial charge in [-0.15, -0.1) is 0 Å². The van der Waals surface area contributed by atoms with Crippen molar-refractivity contribution in [1.82, 2.24) is 9.78 Å². The number of anilines is 1. The maximum atomic E-state index is 14.6. The number of esters is 1. The molecule has 0 saturated carbocycles. The van der Waals surface area contributed by atoms with Gasteiger partial charge in [0.1, 0.15) is 11.5 Å². The number of hydrogen-bond acceptors (Lipinski definition) is 4. The molecule has 1 heterocycles. The van der Waals surface area contributed by atoms with Crippen molar-refractivity contribution < 1.29 is 18.3 Å². The molecule has 8 heteroatoms. The Kier molecular flexibility index (Phi) is 4.88. The van der Waals surface area contributed by atoms with Gasteiger partial charge in [-0.05, 0) is 13.8 Å². The van der Waals surface area contributed by atoms with E-state index in [1.54, 1.807) is 13.8 Å². The summed E-state index contributed by atoms with van der Waals surface area (Å²) in [5, 5.41) is 4.14. The fourth-order valence-corrected chi connectivity index (χ4v) is 2.32. The average Bonchev–Trinajstić information content (AvgIpc) is 2.92. The predicted molar refractivity (Wildman–Crippen MR) is 89.7 cm³/mol. The summed E-state index contributed by atoms with van der Waals surface area (Å²) in [6.45, 7) is 14.2. The number of aromatic nitrogens is 2. The molecule has 130 valence electrons. The molecule has 0 spiro atoms. The highest BCUT2D eigenvalue weighted by Gasteiger charge is 2.25. The molecule has 2 rings (SSSR count). The van der Waals surface area contributed by atoms with Gasteiger partial charge in [0.05, 0.1) is 19.3 Å². The van der Waals surface area contributed by atoms with Crippen LogP contribution < -0.4 is 5.73 Å². The number of halogens is 2. The molecule has 0 aliphatic heterocycles. The van der Waals surface area contributed by atoms with Gasteiger partial charge in [-0.25, -0.2) is 18.4 Å². The van der Waals surface area contributed by atoms with Gasteiger partial charge >= 0.3 is 5.97 Å². The number of carbonyl (C=O) groups is 1. The van der Waals surface area contributed by atoms with Crippen LogP contribution in [0.1, 0.15) is 25.5 Å². The minimum atomic E-state index is -1.28. The van der Waals surface area contributed by atoms with Crippen LogP contribution in [-0.4, -0.2) is 22.9 Å². The van der Waals surface area contributed by atoms with Gasteiger partial charge < -0.3 is 10.5 Å². The first-order chi connectivity index (χ1) is 11.7. The Morgan fingerprint density at radius 1 is 1.40 bits per heavy atom. The third-order valence-electron chi connectivity index (χ3n) is 3.62. The lowest BCUT2D eigenvalue weighted by atomic mass is 10.0. The van der Waals surface area contributed by atoms with Gasteiger partial charge in [-0.3, -0.25) is 4.68 Å². The molecule has 0 fully saturated rings. The lowest BCUT2D eigenvalue weighted by Crippen LogP contribution is -2.07. The van der Waals surface area contributed by atoms with E-state index in [1.807, 2.05) is 0 Å². The van der Waals surface area contributed by atoms with E-state index in [0.717, 1.165) is 7.11 Å². The number of nitrogens with zero attached hydrogens (tertiary/aromatic N) is 3. The molecule has 0 saturated heterocycles. The van der Waals surface area contributed by atoms with Crippen LogP contribution in [-0.2, 0) is 9.53 Å². The molecule has 0 aliphatic carbocycles. The summed E-state index contributed by atoms with van der Waals surface area (Å²) >= 11 is 0. The highest BCUT2D eigenvalue weighted by Crippen LogP contribution is 2.38. The van der Waals surface area contributed by atoms with Crippen molar-refractivity contribution in [3.63, 3.8) is 0 Å². The predicted octanol–water partition coefficient (Wildman–Crippen LogP) is 3.73. The van der Waals surface area contributed by atoms with Crippen molar-refractivity contribution >= 4 is 23.0 Å². The average molecular weight is 346 g/mol. The third-order valence-corrected chi connectivity index (χ3v) is 3.62. The Hall–Kier alpha value is -3.21. The molecule has 0 unspecified atom stereocenters. The normalized spacial score (nSPS) is 10.6. The third kappa shape index (κ3) is 2.96. The first-order valence-corrected chi connectivity index (χ1v) is 7.25. The Bertz CT molecular complexity index is 910. The van der Waals surface area contributed by atoms with Crippen molar-refractivity contribution in [1.29, 1.82) is 0 Å². The minimum Gasteiger partial charge on any atom is -0.465 e. The Labute approximate surface area is 143 Å². The van der Waals surface area contributed by atoms with Gasteiger partial charge in [-0.2, -0.15) is 5.10 Å². The highest BCUT2D eigenvalue weighted by atomic mass is 19.2. The Morgan fingerprint density at radius 3 is 2.56 bits per heavy atom. The van der Waals surface area contributed by atoms with Crippen LogP contribution in [0.3, 0.4) is 0 Å². The summed E-state index contributed by atoms with van der Waals surface area (Å²) < 4.78 is 34.8. The summed E-state index contributed by atoms with van der Waals surface area (Å²) in [6, 6.07) is 2.24. The zero-order valence-corrected chi connectivity index (χ0v) is 13.9. The van der Waals surface area contributed by atoms with E-state index in [-0.39, 0.29) is 39.9 Å². The number of methoxy groups -OCH3 is 1. The molecule has 0 radical (unpaired) electrons. The van der Waals surface area contributed by atoms with Crippen molar-refractivity contribution in [2.75, 3.05) is 12.8 Å². The van der Waals surface area contributed by atoms with Crippen molar-refractivity contribution in [2.45, 2.75) is 19.9 Å². The second kappa shape index (κ2) is 6.73. The van der Waals surface area contributed by atoms with Crippen LogP contribution in [0.2, 0.25) is 0 Å². The molecule has 0 aliphatic rings. The zero-order valence-electron chi connectivity index (χ0n) is 13.9. The molecule has 2 aromatic rings. The molecule has 6 nitrogen and oxygen atoms in total. The van der Waals surface area contributed by atoms with E-state index in [1.165, 1.54) is 16.8 Å². The van der Waals surface area contributed by atoms with Crippen LogP contribution in [0.5, 0.6) is 0 Å². The van der Waals surface area contributed by atoms with Crippen molar-refractivity contribution in [3.8, 4) is 11.3 Å². The van der Waals surface area contributed by atoms with E-state index < -0.39 is 17.6 Å². The van der Waals surface area contributed by atoms with E-state index in [4.69, 9.17) is 12.3 Å². The number of benzene rings is 1. The van der Waals surface area contributed by atoms with Crippen LogP contribution in [0.15, 0.2) is 18.7 Å². The second-order valence-electron chi connectivity index (χ2n) is 5.49. The van der Waals surface area contributed by atoms with E-state index in [2.05, 4.69) is 21.3 Å². The summed E-state index contributed by atoms with van der Waals surface area (Å²) in [7, 11) is 1.11. The SMILES string of the molecule is [C-]#[N+]c1c(-c2ccc(C(=C)C(=O)OC)c(F)c2F)nn(C(C)C)c1N. The standard InChI is InChI=1S/C17H16F2N4O2/c1-8(2)23-16(20)15(21-4)14(22-23)11-7-6-10(12(18)13(11)19)9(3)17(24)25-5/h6-8H,3,20H2,1-2,5H3. The summed E-state index contributed by atoms with van der Waals surface area (Å²) in [6.07, 6.45) is 0. The van der Waals surface area contributed by atoms with Crippen LogP contribution >= 0.6 is 0 Å². The molecule has 2 N–H and O–H groups in total. The zero-order chi connectivity index (χ0) is 18.9. The first-order valence-electron chi connectivity index (χ1n) is 7.25. The highest BCUT2D eigenvalue weighted by molar-refractivity contribution is 6.15. The molecular formula is C17H16F2N4O2. The number of rotatable bonds is 4. The van der Waals surface area contributed by atoms with Crippen molar-refractivity contribution in [3.05, 3.63) is 47.3 Å². The monoisotopic (exact) mass is 346 g/mol. The number of hydrogen-bond donors (Lipinski definition) is 1. The van der Waals surface area contributed by atoms with E-state index in [0.29, 0.717) is 0 Å². The minimum absolute atomic E-state index is 0.0622. The van der Waals surface area contributed by atoms with Gasteiger partial charge in [0.15, 0.2) is 11.6 Å². The number of nitrogens with two attached hydrogens (primary N) is 1. The van der Waals surface area contributed by atoms with Crippen molar-refractivity contribution in [2.24, 2.45) is 0 Å². The summed E-state index contributed by atoms with van der Waals surface area (Å²) in [4.78, 5) is 14.8. The molecule has 0 bridgehead atoms. The fraction of sp³-hybridized carbons (Fsp3) is 0.235. The molecule has 0 atom stereocenters. The van der Waals surface area contributed by atoms with Gasteiger partial charge in [0.2, 0.25) is 0 Å². The quantitative estimate of drug-likeness (QED) is 0.520. The molecule has 1 aromatic heterocycles. The van der Waals surface area contributed by atoms with Crippen LogP contribution in [0.4, 0.5) is 20.3 Å². The number of carbonyl (C=O) groups excluding carboxylic acids is 1. The molecule has 0 amide bonds. The first kappa shape index (κ1) is 18.1. The summed E-state index contributed by atoms with van der Waals surface area (Å²) in [5.74, 6) is -3.33. The Morgan fingerprint density at radius 2 is 2.04 bits per heavy atom. The van der Waals surface area contributed by atoms with Gasteiger partial charge in [0, 0.05) is 17.2 Å². The fourth-order valence-electron chi connectivity index (χ4n) is 2.32. The molecule has 25 heavy (non-hydrogen) atoms. The number of nitrogen functional groups attached to an aromatic ring is 1. The largest absolute Gasteiger partial charge is 0.465 e. The number of ether oxygens (including phenoxy) is 1. The van der Waals surface area contributed by atoms with E-state index in [9.17, 15) is 13.6 Å². The lowest BCUT2D eigenvalue weighted by molar-refractivity contribution is -0.133. The smallest absolute Gasteiger partial charge is 0.337 e. The second-order valence-corrected chi connectivity index (χ2v) is 5.49. The topological polar surface area (TPSA) is 74.5 Å².